The van der Waals surface area contributed by atoms with E-state index < -0.39 is 17.7 Å². The first-order valence-corrected chi connectivity index (χ1v) is 7.30. The molecule has 0 saturated carbocycles. The van der Waals surface area contributed by atoms with Crippen LogP contribution in [0.15, 0.2) is 54.7 Å². The first kappa shape index (κ1) is 16.8. The summed E-state index contributed by atoms with van der Waals surface area (Å²) in [5, 5.41) is 6.79. The molecular formula is C18H13F3N2O2. The molecule has 0 saturated heterocycles. The quantitative estimate of drug-likeness (QED) is 0.708. The lowest BCUT2D eigenvalue weighted by Crippen LogP contribution is -2.04. The van der Waals surface area contributed by atoms with Crippen LogP contribution in [0.2, 0.25) is 0 Å². The number of H-pyrrole nitrogens is 1. The average Bonchev–Trinajstić information content (AvgIpc) is 3.10. The van der Waals surface area contributed by atoms with Crippen LogP contribution < -0.4 is 0 Å². The number of aromatic nitrogens is 2. The van der Waals surface area contributed by atoms with E-state index in [-0.39, 0.29) is 0 Å². The SMILES string of the molecule is COC(=O)c1ccc(-c2cn[nH]c2-c2ccc(C(F)(F)F)cc2)cc1. The molecule has 3 rings (SSSR count). The summed E-state index contributed by atoms with van der Waals surface area (Å²) in [4.78, 5) is 11.5. The zero-order chi connectivity index (χ0) is 18.0. The molecule has 0 radical (unpaired) electrons. The van der Waals surface area contributed by atoms with Gasteiger partial charge in [-0.3, -0.25) is 5.10 Å². The molecule has 1 aromatic heterocycles. The number of aromatic amines is 1. The number of methoxy groups -OCH3 is 1. The lowest BCUT2D eigenvalue weighted by atomic mass is 10.00. The number of hydrogen-bond donors (Lipinski definition) is 1. The molecule has 0 aliphatic rings. The van der Waals surface area contributed by atoms with E-state index in [2.05, 4.69) is 14.9 Å². The van der Waals surface area contributed by atoms with Gasteiger partial charge in [-0.05, 0) is 29.8 Å². The van der Waals surface area contributed by atoms with E-state index >= 15 is 0 Å². The predicted octanol–water partition coefficient (Wildman–Crippen LogP) is 4.55. The van der Waals surface area contributed by atoms with Crippen molar-refractivity contribution in [3.05, 3.63) is 65.9 Å². The van der Waals surface area contributed by atoms with Gasteiger partial charge in [0.15, 0.2) is 0 Å². The summed E-state index contributed by atoms with van der Waals surface area (Å²) in [5.41, 5.74) is 2.37. The second kappa shape index (κ2) is 6.43. The van der Waals surface area contributed by atoms with Crippen LogP contribution in [0.5, 0.6) is 0 Å². The van der Waals surface area contributed by atoms with Crippen molar-refractivity contribution < 1.29 is 22.7 Å². The van der Waals surface area contributed by atoms with Crippen molar-refractivity contribution in [3.63, 3.8) is 0 Å². The van der Waals surface area contributed by atoms with Gasteiger partial charge < -0.3 is 4.74 Å². The normalized spacial score (nSPS) is 11.4. The molecule has 0 aliphatic heterocycles. The summed E-state index contributed by atoms with van der Waals surface area (Å²) in [7, 11) is 1.30. The van der Waals surface area contributed by atoms with Crippen LogP contribution in [-0.2, 0) is 10.9 Å². The molecular weight excluding hydrogens is 333 g/mol. The fourth-order valence-corrected chi connectivity index (χ4v) is 2.45. The van der Waals surface area contributed by atoms with Crippen molar-refractivity contribution >= 4 is 5.97 Å². The lowest BCUT2D eigenvalue weighted by Gasteiger charge is -2.08. The number of hydrogen-bond acceptors (Lipinski definition) is 3. The Balaban J connectivity index is 1.94. The van der Waals surface area contributed by atoms with E-state index in [1.54, 1.807) is 30.5 Å². The van der Waals surface area contributed by atoms with Gasteiger partial charge in [0.2, 0.25) is 0 Å². The highest BCUT2D eigenvalue weighted by Crippen LogP contribution is 2.33. The van der Waals surface area contributed by atoms with Crippen molar-refractivity contribution in [2.24, 2.45) is 0 Å². The minimum Gasteiger partial charge on any atom is -0.465 e. The van der Waals surface area contributed by atoms with Crippen LogP contribution in [0.4, 0.5) is 13.2 Å². The number of nitrogens with zero attached hydrogens (tertiary/aromatic N) is 1. The third kappa shape index (κ3) is 3.40. The lowest BCUT2D eigenvalue weighted by molar-refractivity contribution is -0.137. The Kier molecular flexibility index (Phi) is 4.31. The minimum atomic E-state index is -4.38. The number of esters is 1. The van der Waals surface area contributed by atoms with Crippen LogP contribution >= 0.6 is 0 Å². The molecule has 7 heteroatoms. The van der Waals surface area contributed by atoms with Gasteiger partial charge in [0.25, 0.3) is 0 Å². The highest BCUT2D eigenvalue weighted by molar-refractivity contribution is 5.90. The van der Waals surface area contributed by atoms with Gasteiger partial charge in [0, 0.05) is 11.1 Å². The molecule has 2 aromatic carbocycles. The highest BCUT2D eigenvalue weighted by atomic mass is 19.4. The van der Waals surface area contributed by atoms with E-state index in [1.165, 1.54) is 19.2 Å². The number of carbonyl (C=O) groups excluding carboxylic acids is 1. The van der Waals surface area contributed by atoms with Crippen LogP contribution in [0, 0.1) is 0 Å². The number of benzene rings is 2. The zero-order valence-corrected chi connectivity index (χ0v) is 13.1. The summed E-state index contributed by atoms with van der Waals surface area (Å²) in [6.07, 6.45) is -2.79. The number of ether oxygens (including phenoxy) is 1. The van der Waals surface area contributed by atoms with E-state index in [0.29, 0.717) is 16.8 Å². The maximum Gasteiger partial charge on any atom is 0.416 e. The summed E-state index contributed by atoms with van der Waals surface area (Å²) < 4.78 is 42.7. The third-order valence-corrected chi connectivity index (χ3v) is 3.76. The predicted molar refractivity (Wildman–Crippen MR) is 85.8 cm³/mol. The van der Waals surface area contributed by atoms with Gasteiger partial charge in [0.05, 0.1) is 30.1 Å². The Morgan fingerprint density at radius 2 is 1.60 bits per heavy atom. The van der Waals surface area contributed by atoms with Gasteiger partial charge >= 0.3 is 12.1 Å². The summed E-state index contributed by atoms with van der Waals surface area (Å²) in [5.74, 6) is -0.443. The molecule has 128 valence electrons. The smallest absolute Gasteiger partial charge is 0.416 e. The second-order valence-electron chi connectivity index (χ2n) is 5.30. The monoisotopic (exact) mass is 346 g/mol. The summed E-state index contributed by atoms with van der Waals surface area (Å²) in [6, 6.07) is 11.5. The standard InChI is InChI=1S/C18H13F3N2O2/c1-25-17(24)13-4-2-11(3-5-13)15-10-22-23-16(15)12-6-8-14(9-7-12)18(19,20)21/h2-10H,1H3,(H,22,23). The molecule has 0 spiro atoms. The van der Waals surface area contributed by atoms with Crippen LogP contribution in [-0.4, -0.2) is 23.3 Å². The number of carbonyl (C=O) groups is 1. The third-order valence-electron chi connectivity index (χ3n) is 3.76. The Hall–Kier alpha value is -3.09. The molecule has 1 N–H and O–H groups in total. The molecule has 3 aromatic rings. The summed E-state index contributed by atoms with van der Waals surface area (Å²) in [6.45, 7) is 0. The van der Waals surface area contributed by atoms with Crippen molar-refractivity contribution in [3.8, 4) is 22.4 Å². The van der Waals surface area contributed by atoms with E-state index in [0.717, 1.165) is 23.3 Å². The average molecular weight is 346 g/mol. The molecule has 0 atom stereocenters. The number of halogens is 3. The van der Waals surface area contributed by atoms with Crippen molar-refractivity contribution in [2.45, 2.75) is 6.18 Å². The number of alkyl halides is 3. The molecule has 1 heterocycles. The molecule has 4 nitrogen and oxygen atoms in total. The first-order chi connectivity index (χ1) is 11.9. The molecule has 25 heavy (non-hydrogen) atoms. The molecule has 0 fully saturated rings. The number of rotatable bonds is 3. The maximum absolute atomic E-state index is 12.7. The highest BCUT2D eigenvalue weighted by Gasteiger charge is 2.30. The Bertz CT molecular complexity index is 882. The maximum atomic E-state index is 12.7. The number of nitrogens with one attached hydrogen (secondary N) is 1. The summed E-state index contributed by atoms with van der Waals surface area (Å²) >= 11 is 0. The van der Waals surface area contributed by atoms with Gasteiger partial charge in [-0.2, -0.15) is 18.3 Å². The molecule has 0 aliphatic carbocycles. The Labute approximate surface area is 141 Å². The van der Waals surface area contributed by atoms with E-state index in [9.17, 15) is 18.0 Å². The zero-order valence-electron chi connectivity index (χ0n) is 13.1. The Morgan fingerprint density at radius 3 is 2.16 bits per heavy atom. The second-order valence-corrected chi connectivity index (χ2v) is 5.30. The molecule has 0 unspecified atom stereocenters. The van der Waals surface area contributed by atoms with Gasteiger partial charge in [-0.25, -0.2) is 4.79 Å². The minimum absolute atomic E-state index is 0.408. The largest absolute Gasteiger partial charge is 0.465 e. The van der Waals surface area contributed by atoms with Gasteiger partial charge in [0.1, 0.15) is 0 Å². The Morgan fingerprint density at radius 1 is 1.00 bits per heavy atom. The van der Waals surface area contributed by atoms with Crippen molar-refractivity contribution in [1.29, 1.82) is 0 Å². The fourth-order valence-electron chi connectivity index (χ4n) is 2.45. The molecule has 0 amide bonds. The van der Waals surface area contributed by atoms with Crippen LogP contribution in [0.25, 0.3) is 22.4 Å². The van der Waals surface area contributed by atoms with Gasteiger partial charge in [-0.15, -0.1) is 0 Å². The van der Waals surface area contributed by atoms with E-state index in [4.69, 9.17) is 0 Å². The fraction of sp³-hybridized carbons (Fsp3) is 0.111. The van der Waals surface area contributed by atoms with Crippen molar-refractivity contribution in [2.75, 3.05) is 7.11 Å². The topological polar surface area (TPSA) is 55.0 Å². The van der Waals surface area contributed by atoms with Crippen LogP contribution in [0.1, 0.15) is 15.9 Å². The van der Waals surface area contributed by atoms with Crippen molar-refractivity contribution in [1.82, 2.24) is 10.2 Å². The first-order valence-electron chi connectivity index (χ1n) is 7.30. The van der Waals surface area contributed by atoms with E-state index in [1.807, 2.05) is 0 Å². The van der Waals surface area contributed by atoms with Crippen LogP contribution in [0.3, 0.4) is 0 Å². The molecule has 0 bridgehead atoms. The van der Waals surface area contributed by atoms with Gasteiger partial charge in [-0.1, -0.05) is 24.3 Å².